The predicted octanol–water partition coefficient (Wildman–Crippen LogP) is 3.12. The van der Waals surface area contributed by atoms with E-state index >= 15 is 0 Å². The van der Waals surface area contributed by atoms with E-state index in [1.54, 1.807) is 9.80 Å². The summed E-state index contributed by atoms with van der Waals surface area (Å²) in [5, 5.41) is 3.51. The van der Waals surface area contributed by atoms with E-state index in [9.17, 15) is 22.8 Å². The van der Waals surface area contributed by atoms with Crippen LogP contribution in [0.3, 0.4) is 0 Å². The number of hydrogen-bond acceptors (Lipinski definition) is 5. The van der Waals surface area contributed by atoms with E-state index in [1.165, 1.54) is 6.92 Å². The average molecular weight is 424 g/mol. The summed E-state index contributed by atoms with van der Waals surface area (Å²) in [6, 6.07) is 1.06. The van der Waals surface area contributed by atoms with Crippen molar-refractivity contribution in [2.24, 2.45) is 5.92 Å². The average Bonchev–Trinajstić information content (AvgIpc) is 3.28. The maximum absolute atomic E-state index is 13.6. The number of aryl methyl sites for hydroxylation is 1. The molecule has 0 bridgehead atoms. The Morgan fingerprint density at radius 2 is 2.10 bits per heavy atom. The van der Waals surface area contributed by atoms with E-state index in [4.69, 9.17) is 4.52 Å². The van der Waals surface area contributed by atoms with Gasteiger partial charge >= 0.3 is 6.18 Å². The van der Waals surface area contributed by atoms with Crippen molar-refractivity contribution in [2.75, 3.05) is 26.2 Å². The Kier molecular flexibility index (Phi) is 5.19. The smallest absolute Gasteiger partial charge is 0.342 e. The molecule has 0 spiro atoms. The number of likely N-dealkylation sites (tertiary alicyclic amines) is 2. The summed E-state index contributed by atoms with van der Waals surface area (Å²) in [6.07, 6.45) is -3.10. The highest BCUT2D eigenvalue weighted by atomic mass is 19.4. The maximum Gasteiger partial charge on any atom is 0.417 e. The molecule has 30 heavy (non-hydrogen) atoms. The highest BCUT2D eigenvalue weighted by molar-refractivity contribution is 5.89. The standard InChI is InChI=1S/C20H23F3N4O3/c1-3-26-10-13(7-16(26)28)19(29)27-6-4-5-12(9-27)15-8-14(20(21,22)23)17-11(2)25-30-18(17)24-15/h8,12-13H,3-7,9-10H2,1-2H3/t12-,13-/m1/s1. The van der Waals surface area contributed by atoms with Gasteiger partial charge in [0, 0.05) is 38.5 Å². The van der Waals surface area contributed by atoms with Gasteiger partial charge in [0.2, 0.25) is 11.8 Å². The van der Waals surface area contributed by atoms with Crippen LogP contribution in [0.2, 0.25) is 0 Å². The first-order chi connectivity index (χ1) is 14.2. The molecule has 2 aromatic heterocycles. The van der Waals surface area contributed by atoms with Gasteiger partial charge in [0.05, 0.1) is 28.3 Å². The highest BCUT2D eigenvalue weighted by Gasteiger charge is 2.39. The van der Waals surface area contributed by atoms with E-state index < -0.39 is 17.7 Å². The minimum absolute atomic E-state index is 0.0352. The summed E-state index contributed by atoms with van der Waals surface area (Å²) in [5.41, 5.74) is -0.560. The first-order valence-electron chi connectivity index (χ1n) is 10.1. The quantitative estimate of drug-likeness (QED) is 0.757. The minimum Gasteiger partial charge on any atom is -0.342 e. The van der Waals surface area contributed by atoms with Crippen LogP contribution in [0.5, 0.6) is 0 Å². The van der Waals surface area contributed by atoms with Crippen molar-refractivity contribution < 1.29 is 27.3 Å². The number of pyridine rings is 1. The van der Waals surface area contributed by atoms with Crippen LogP contribution in [0.1, 0.15) is 49.1 Å². The van der Waals surface area contributed by atoms with Gasteiger partial charge in [0.15, 0.2) is 0 Å². The topological polar surface area (TPSA) is 79.5 Å². The zero-order valence-corrected chi connectivity index (χ0v) is 16.8. The zero-order valence-electron chi connectivity index (χ0n) is 16.8. The molecule has 2 saturated heterocycles. The molecular weight excluding hydrogens is 401 g/mol. The monoisotopic (exact) mass is 424 g/mol. The SMILES string of the molecule is CCN1C[C@H](C(=O)N2CCC[C@@H](c3cc(C(F)(F)F)c4c(C)noc4n3)C2)CC1=O. The largest absolute Gasteiger partial charge is 0.417 e. The van der Waals surface area contributed by atoms with E-state index in [1.807, 2.05) is 6.92 Å². The number of hydrogen-bond donors (Lipinski definition) is 0. The van der Waals surface area contributed by atoms with Gasteiger partial charge < -0.3 is 14.3 Å². The lowest BCUT2D eigenvalue weighted by Gasteiger charge is -2.34. The molecule has 2 amide bonds. The van der Waals surface area contributed by atoms with Crippen LogP contribution >= 0.6 is 0 Å². The third-order valence-electron chi connectivity index (χ3n) is 6.04. The van der Waals surface area contributed by atoms with Gasteiger partial charge in [0.1, 0.15) is 0 Å². The van der Waals surface area contributed by atoms with Crippen LogP contribution in [0.4, 0.5) is 13.2 Å². The van der Waals surface area contributed by atoms with Gasteiger partial charge in [-0.05, 0) is 32.8 Å². The number of carbonyl (C=O) groups excluding carboxylic acids is 2. The minimum atomic E-state index is -4.57. The molecule has 0 N–H and O–H groups in total. The Labute approximate surface area is 171 Å². The number of rotatable bonds is 3. The van der Waals surface area contributed by atoms with Gasteiger partial charge in [0.25, 0.3) is 5.71 Å². The number of aromatic nitrogens is 2. The molecule has 2 aliphatic rings. The molecule has 0 aliphatic carbocycles. The summed E-state index contributed by atoms with van der Waals surface area (Å²) in [5.74, 6) is -0.879. The normalized spacial score (nSPS) is 22.9. The van der Waals surface area contributed by atoms with Gasteiger partial charge in [-0.1, -0.05) is 5.16 Å². The van der Waals surface area contributed by atoms with Crippen LogP contribution < -0.4 is 0 Å². The molecule has 10 heteroatoms. The first-order valence-corrected chi connectivity index (χ1v) is 10.1. The van der Waals surface area contributed by atoms with E-state index in [0.717, 1.165) is 6.07 Å². The van der Waals surface area contributed by atoms with Crippen LogP contribution in [0.15, 0.2) is 10.6 Å². The van der Waals surface area contributed by atoms with Crippen molar-refractivity contribution in [1.82, 2.24) is 19.9 Å². The Morgan fingerprint density at radius 1 is 1.33 bits per heavy atom. The number of fused-ring (bicyclic) bond motifs is 1. The number of nitrogens with zero attached hydrogens (tertiary/aromatic N) is 4. The molecule has 7 nitrogen and oxygen atoms in total. The third-order valence-corrected chi connectivity index (χ3v) is 6.04. The molecular formula is C20H23F3N4O3. The number of piperidine rings is 1. The van der Waals surface area contributed by atoms with Crippen LogP contribution in [-0.2, 0) is 15.8 Å². The van der Waals surface area contributed by atoms with Crippen molar-refractivity contribution in [3.63, 3.8) is 0 Å². The third kappa shape index (κ3) is 3.63. The fourth-order valence-corrected chi connectivity index (χ4v) is 4.47. The summed E-state index contributed by atoms with van der Waals surface area (Å²) in [6.45, 7) is 5.08. The number of carbonyl (C=O) groups is 2. The predicted molar refractivity (Wildman–Crippen MR) is 100 cm³/mol. The summed E-state index contributed by atoms with van der Waals surface area (Å²) in [7, 11) is 0. The molecule has 0 saturated carbocycles. The molecule has 0 unspecified atom stereocenters. The number of halogens is 3. The fraction of sp³-hybridized carbons (Fsp3) is 0.600. The van der Waals surface area contributed by atoms with Crippen molar-refractivity contribution in [3.05, 3.63) is 23.0 Å². The van der Waals surface area contributed by atoms with Gasteiger partial charge in [-0.3, -0.25) is 9.59 Å². The van der Waals surface area contributed by atoms with Crippen molar-refractivity contribution in [1.29, 1.82) is 0 Å². The van der Waals surface area contributed by atoms with Crippen LogP contribution in [-0.4, -0.2) is 57.9 Å². The van der Waals surface area contributed by atoms with Gasteiger partial charge in [-0.15, -0.1) is 0 Å². The zero-order chi connectivity index (χ0) is 21.6. The van der Waals surface area contributed by atoms with Gasteiger partial charge in [-0.25, -0.2) is 4.98 Å². The number of alkyl halides is 3. The van der Waals surface area contributed by atoms with Crippen molar-refractivity contribution in [2.45, 2.75) is 45.2 Å². The first kappa shape index (κ1) is 20.6. The van der Waals surface area contributed by atoms with E-state index in [0.29, 0.717) is 32.5 Å². The summed E-state index contributed by atoms with van der Waals surface area (Å²) < 4.78 is 45.9. The van der Waals surface area contributed by atoms with Crippen LogP contribution in [0, 0.1) is 12.8 Å². The second-order valence-corrected chi connectivity index (χ2v) is 8.00. The Bertz CT molecular complexity index is 988. The van der Waals surface area contributed by atoms with Gasteiger partial charge in [-0.2, -0.15) is 13.2 Å². The summed E-state index contributed by atoms with van der Waals surface area (Å²) in [4.78, 5) is 32.5. The Morgan fingerprint density at radius 3 is 2.77 bits per heavy atom. The molecule has 0 radical (unpaired) electrons. The second kappa shape index (κ2) is 7.55. The lowest BCUT2D eigenvalue weighted by atomic mass is 9.91. The van der Waals surface area contributed by atoms with Crippen LogP contribution in [0.25, 0.3) is 11.1 Å². The van der Waals surface area contributed by atoms with Crippen molar-refractivity contribution in [3.8, 4) is 0 Å². The Balaban J connectivity index is 1.59. The highest BCUT2D eigenvalue weighted by Crippen LogP contribution is 2.38. The fourth-order valence-electron chi connectivity index (χ4n) is 4.47. The van der Waals surface area contributed by atoms with Crippen molar-refractivity contribution >= 4 is 22.9 Å². The van der Waals surface area contributed by atoms with E-state index in [-0.39, 0.29) is 53.2 Å². The molecule has 0 aromatic carbocycles. The number of amides is 2. The lowest BCUT2D eigenvalue weighted by molar-refractivity contribution is -0.137. The Hall–Kier alpha value is -2.65. The molecule has 162 valence electrons. The lowest BCUT2D eigenvalue weighted by Crippen LogP contribution is -2.43. The molecule has 2 aliphatic heterocycles. The summed E-state index contributed by atoms with van der Waals surface area (Å²) >= 11 is 0. The molecule has 2 atom stereocenters. The molecule has 2 aromatic rings. The molecule has 2 fully saturated rings. The van der Waals surface area contributed by atoms with E-state index in [2.05, 4.69) is 10.1 Å². The molecule has 4 heterocycles. The molecule has 4 rings (SSSR count). The second-order valence-electron chi connectivity index (χ2n) is 8.00. The maximum atomic E-state index is 13.6.